The fourth-order valence-corrected chi connectivity index (χ4v) is 3.42. The number of rotatable bonds is 9. The van der Waals surface area contributed by atoms with E-state index < -0.39 is 0 Å². The molecule has 0 spiro atoms. The van der Waals surface area contributed by atoms with Gasteiger partial charge in [-0.15, -0.1) is 11.8 Å². The molecule has 108 valence electrons. The van der Waals surface area contributed by atoms with E-state index in [9.17, 15) is 0 Å². The van der Waals surface area contributed by atoms with Crippen LogP contribution >= 0.6 is 23.4 Å². The zero-order valence-electron chi connectivity index (χ0n) is 12.0. The second kappa shape index (κ2) is 9.65. The number of nitrogens with one attached hydrogen (secondary N) is 1. The zero-order valence-corrected chi connectivity index (χ0v) is 13.6. The van der Waals surface area contributed by atoms with Crippen molar-refractivity contribution < 1.29 is 4.74 Å². The van der Waals surface area contributed by atoms with Gasteiger partial charge in [-0.05, 0) is 31.0 Å². The van der Waals surface area contributed by atoms with Crippen molar-refractivity contribution in [1.82, 2.24) is 5.32 Å². The Morgan fingerprint density at radius 2 is 2.11 bits per heavy atom. The predicted octanol–water partition coefficient (Wildman–Crippen LogP) is 4.08. The molecule has 0 saturated heterocycles. The molecule has 4 heteroatoms. The number of thioether (sulfide) groups is 1. The maximum Gasteiger partial charge on any atom is 0.0541 e. The van der Waals surface area contributed by atoms with Crippen LogP contribution in [0.15, 0.2) is 29.2 Å². The Bertz CT molecular complexity index is 362. The number of hydrogen-bond donors (Lipinski definition) is 1. The third-order valence-electron chi connectivity index (χ3n) is 3.19. The van der Waals surface area contributed by atoms with E-state index >= 15 is 0 Å². The quantitative estimate of drug-likeness (QED) is 0.694. The molecule has 0 heterocycles. The number of methoxy groups -OCH3 is 1. The van der Waals surface area contributed by atoms with Crippen molar-refractivity contribution in [2.24, 2.45) is 5.92 Å². The van der Waals surface area contributed by atoms with E-state index in [0.717, 1.165) is 35.2 Å². The van der Waals surface area contributed by atoms with E-state index in [4.69, 9.17) is 16.3 Å². The van der Waals surface area contributed by atoms with Crippen LogP contribution in [0.25, 0.3) is 0 Å². The Balaban J connectivity index is 2.51. The van der Waals surface area contributed by atoms with Gasteiger partial charge in [0.2, 0.25) is 0 Å². The highest BCUT2D eigenvalue weighted by Gasteiger charge is 2.16. The van der Waals surface area contributed by atoms with Gasteiger partial charge in [-0.1, -0.05) is 37.6 Å². The lowest BCUT2D eigenvalue weighted by Crippen LogP contribution is -2.37. The van der Waals surface area contributed by atoms with Gasteiger partial charge < -0.3 is 10.1 Å². The maximum absolute atomic E-state index is 6.19. The van der Waals surface area contributed by atoms with Crippen molar-refractivity contribution in [3.63, 3.8) is 0 Å². The smallest absolute Gasteiger partial charge is 0.0541 e. The van der Waals surface area contributed by atoms with Gasteiger partial charge >= 0.3 is 0 Å². The lowest BCUT2D eigenvalue weighted by atomic mass is 10.0. The van der Waals surface area contributed by atoms with Crippen molar-refractivity contribution in [2.75, 3.05) is 26.0 Å². The lowest BCUT2D eigenvalue weighted by Gasteiger charge is -2.24. The number of benzene rings is 1. The van der Waals surface area contributed by atoms with E-state index in [2.05, 4.69) is 25.2 Å². The summed E-state index contributed by atoms with van der Waals surface area (Å²) in [6.45, 7) is 6.24. The molecule has 1 aromatic rings. The monoisotopic (exact) mass is 301 g/mol. The van der Waals surface area contributed by atoms with Crippen LogP contribution in [0.5, 0.6) is 0 Å². The minimum Gasteiger partial charge on any atom is -0.385 e. The number of hydrogen-bond acceptors (Lipinski definition) is 3. The highest BCUT2D eigenvalue weighted by molar-refractivity contribution is 7.99. The molecule has 0 aliphatic carbocycles. The summed E-state index contributed by atoms with van der Waals surface area (Å²) in [7, 11) is 1.76. The van der Waals surface area contributed by atoms with Crippen LogP contribution in [-0.4, -0.2) is 32.1 Å². The molecule has 0 fully saturated rings. The third-order valence-corrected chi connectivity index (χ3v) is 4.82. The van der Waals surface area contributed by atoms with E-state index in [1.165, 1.54) is 0 Å². The topological polar surface area (TPSA) is 21.3 Å². The second-order valence-corrected chi connectivity index (χ2v) is 6.13. The molecule has 2 nitrogen and oxygen atoms in total. The Kier molecular flexibility index (Phi) is 8.55. The lowest BCUT2D eigenvalue weighted by molar-refractivity contribution is 0.172. The molecule has 0 aliphatic rings. The van der Waals surface area contributed by atoms with Crippen molar-refractivity contribution in [3.8, 4) is 0 Å². The van der Waals surface area contributed by atoms with E-state index in [1.54, 1.807) is 7.11 Å². The first-order valence-electron chi connectivity index (χ1n) is 6.78. The largest absolute Gasteiger partial charge is 0.385 e. The molecular formula is C15H24ClNOS. The Hall–Kier alpha value is -0.220. The van der Waals surface area contributed by atoms with Crippen LogP contribution in [0.3, 0.4) is 0 Å². The summed E-state index contributed by atoms with van der Waals surface area (Å²) >= 11 is 8.01. The summed E-state index contributed by atoms with van der Waals surface area (Å²) in [5.74, 6) is 1.62. The summed E-state index contributed by atoms with van der Waals surface area (Å²) in [5.41, 5.74) is 0. The molecule has 1 N–H and O–H groups in total. The molecule has 1 rings (SSSR count). The molecule has 1 aromatic carbocycles. The highest BCUT2D eigenvalue weighted by Crippen LogP contribution is 2.28. The van der Waals surface area contributed by atoms with Gasteiger partial charge in [-0.2, -0.15) is 0 Å². The minimum atomic E-state index is 0.487. The van der Waals surface area contributed by atoms with Gasteiger partial charge in [0.1, 0.15) is 0 Å². The van der Waals surface area contributed by atoms with Gasteiger partial charge in [0, 0.05) is 30.4 Å². The van der Waals surface area contributed by atoms with E-state index in [-0.39, 0.29) is 0 Å². The molecule has 2 unspecified atom stereocenters. The standard InChI is InChI=1S/C15H24ClNOS/c1-4-17-14(12(2)9-10-18-3)11-19-15-8-6-5-7-13(15)16/h5-8,12,14,17H,4,9-11H2,1-3H3. The highest BCUT2D eigenvalue weighted by atomic mass is 35.5. The van der Waals surface area contributed by atoms with E-state index in [0.29, 0.717) is 12.0 Å². The van der Waals surface area contributed by atoms with Crippen LogP contribution in [0, 0.1) is 5.92 Å². The second-order valence-electron chi connectivity index (χ2n) is 4.66. The zero-order chi connectivity index (χ0) is 14.1. The Labute approximate surface area is 126 Å². The summed E-state index contributed by atoms with van der Waals surface area (Å²) in [5, 5.41) is 4.40. The summed E-state index contributed by atoms with van der Waals surface area (Å²) in [6, 6.07) is 8.51. The fourth-order valence-electron chi connectivity index (χ4n) is 1.93. The molecule has 0 amide bonds. The average Bonchev–Trinajstić information content (AvgIpc) is 2.42. The van der Waals surface area contributed by atoms with Gasteiger partial charge in [0.05, 0.1) is 5.02 Å². The van der Waals surface area contributed by atoms with Crippen molar-refractivity contribution in [3.05, 3.63) is 29.3 Å². The average molecular weight is 302 g/mol. The van der Waals surface area contributed by atoms with Gasteiger partial charge in [0.25, 0.3) is 0 Å². The first kappa shape index (κ1) is 16.8. The minimum absolute atomic E-state index is 0.487. The van der Waals surface area contributed by atoms with Crippen molar-refractivity contribution in [2.45, 2.75) is 31.2 Å². The van der Waals surface area contributed by atoms with Gasteiger partial charge in [-0.3, -0.25) is 0 Å². The molecule has 0 aliphatic heterocycles. The summed E-state index contributed by atoms with van der Waals surface area (Å²) in [4.78, 5) is 1.16. The third kappa shape index (κ3) is 6.17. The molecule has 0 bridgehead atoms. The Morgan fingerprint density at radius 3 is 2.74 bits per heavy atom. The maximum atomic E-state index is 6.19. The molecular weight excluding hydrogens is 278 g/mol. The normalized spacial score (nSPS) is 14.3. The molecule has 0 radical (unpaired) electrons. The number of halogens is 1. The van der Waals surface area contributed by atoms with Crippen molar-refractivity contribution >= 4 is 23.4 Å². The first-order valence-corrected chi connectivity index (χ1v) is 8.15. The van der Waals surface area contributed by atoms with Gasteiger partial charge in [0.15, 0.2) is 0 Å². The van der Waals surface area contributed by atoms with Crippen LogP contribution in [0.2, 0.25) is 5.02 Å². The van der Waals surface area contributed by atoms with Gasteiger partial charge in [-0.25, -0.2) is 0 Å². The molecule has 0 saturated carbocycles. The van der Waals surface area contributed by atoms with E-state index in [1.807, 2.05) is 30.0 Å². The fraction of sp³-hybridized carbons (Fsp3) is 0.600. The van der Waals surface area contributed by atoms with Crippen LogP contribution in [0.4, 0.5) is 0 Å². The molecule has 2 atom stereocenters. The van der Waals surface area contributed by atoms with Crippen LogP contribution in [0.1, 0.15) is 20.3 Å². The van der Waals surface area contributed by atoms with Crippen LogP contribution < -0.4 is 5.32 Å². The van der Waals surface area contributed by atoms with Crippen LogP contribution in [-0.2, 0) is 4.74 Å². The predicted molar refractivity (Wildman–Crippen MR) is 85.3 cm³/mol. The van der Waals surface area contributed by atoms with Crippen molar-refractivity contribution in [1.29, 1.82) is 0 Å². The summed E-state index contributed by atoms with van der Waals surface area (Å²) in [6.07, 6.45) is 1.08. The molecule has 19 heavy (non-hydrogen) atoms. The number of ether oxygens (including phenoxy) is 1. The SMILES string of the molecule is CCNC(CSc1ccccc1Cl)C(C)CCOC. The molecule has 0 aromatic heterocycles. The first-order chi connectivity index (χ1) is 9.19. The summed E-state index contributed by atoms with van der Waals surface area (Å²) < 4.78 is 5.17. The Morgan fingerprint density at radius 1 is 1.37 bits per heavy atom.